The summed E-state index contributed by atoms with van der Waals surface area (Å²) in [6.45, 7) is 0.801. The van der Waals surface area contributed by atoms with Crippen LogP contribution >= 0.6 is 0 Å². The van der Waals surface area contributed by atoms with Gasteiger partial charge in [-0.05, 0) is 6.42 Å². The molecule has 0 unspecified atom stereocenters. The van der Waals surface area contributed by atoms with Gasteiger partial charge in [-0.2, -0.15) is 0 Å². The maximum absolute atomic E-state index is 11.7. The molecule has 0 aliphatic rings. The predicted molar refractivity (Wildman–Crippen MR) is 121 cm³/mol. The van der Waals surface area contributed by atoms with Gasteiger partial charge in [0.2, 0.25) is 0 Å². The third-order valence-electron chi connectivity index (χ3n) is 5.60. The first-order chi connectivity index (χ1) is 14.9. The molecule has 0 saturated heterocycles. The van der Waals surface area contributed by atoms with E-state index in [0.717, 1.165) is 12.8 Å². The van der Waals surface area contributed by atoms with Gasteiger partial charge in [-0.1, -0.05) is 96.8 Å². The summed E-state index contributed by atoms with van der Waals surface area (Å²) in [6, 6.07) is 0. The zero-order valence-electron chi connectivity index (χ0n) is 19.5. The number of carbonyl (C=O) groups excluding carboxylic acids is 2. The van der Waals surface area contributed by atoms with Crippen molar-refractivity contribution in [3.8, 4) is 0 Å². The average molecular weight is 447 g/mol. The average Bonchev–Trinajstić information content (AvgIpc) is 2.78. The highest BCUT2D eigenvalue weighted by Crippen LogP contribution is 2.14. The smallest absolute Gasteiger partial charge is 0.305 e. The first-order valence-electron chi connectivity index (χ1n) is 12.3. The van der Waals surface area contributed by atoms with E-state index in [1.54, 1.807) is 0 Å². The fourth-order valence-electron chi connectivity index (χ4n) is 3.48. The van der Waals surface area contributed by atoms with Crippen LogP contribution in [0, 0.1) is 0 Å². The zero-order chi connectivity index (χ0) is 23.3. The van der Waals surface area contributed by atoms with Crippen LogP contribution in [0.15, 0.2) is 0 Å². The second-order valence-electron chi connectivity index (χ2n) is 8.51. The summed E-state index contributed by atoms with van der Waals surface area (Å²) in [7, 11) is 0. The Morgan fingerprint density at radius 3 is 1.55 bits per heavy atom. The number of unbranched alkanes of at least 4 members (excludes halogenated alkanes) is 14. The van der Waals surface area contributed by atoms with Crippen LogP contribution in [0.1, 0.15) is 110 Å². The molecule has 0 saturated carbocycles. The molecule has 7 nitrogen and oxygen atoms in total. The summed E-state index contributed by atoms with van der Waals surface area (Å²) < 4.78 is 4.87. The summed E-state index contributed by atoms with van der Waals surface area (Å²) in [5.41, 5.74) is 0. The Morgan fingerprint density at radius 1 is 0.710 bits per heavy atom. The number of hydrogen-bond acceptors (Lipinski definition) is 7. The van der Waals surface area contributed by atoms with Crippen molar-refractivity contribution >= 4 is 11.8 Å². The minimum atomic E-state index is -1.91. The SMILES string of the molecule is CCCCCCCCCCCCCCCCCC(=O)OC[C@@H](O)[C@@H](O)[C@H](O)C(=O)CO. The van der Waals surface area contributed by atoms with E-state index < -0.39 is 43.3 Å². The molecule has 0 rings (SSSR count). The van der Waals surface area contributed by atoms with Gasteiger partial charge in [-0.15, -0.1) is 0 Å². The molecular weight excluding hydrogens is 400 g/mol. The van der Waals surface area contributed by atoms with Gasteiger partial charge in [-0.3, -0.25) is 9.59 Å². The summed E-state index contributed by atoms with van der Waals surface area (Å²) in [5, 5.41) is 37.3. The van der Waals surface area contributed by atoms with Crippen molar-refractivity contribution in [2.75, 3.05) is 13.2 Å². The van der Waals surface area contributed by atoms with Gasteiger partial charge < -0.3 is 25.2 Å². The van der Waals surface area contributed by atoms with E-state index in [0.29, 0.717) is 6.42 Å². The molecule has 0 aromatic heterocycles. The van der Waals surface area contributed by atoms with Gasteiger partial charge in [0.15, 0.2) is 5.78 Å². The minimum Gasteiger partial charge on any atom is -0.463 e. The van der Waals surface area contributed by atoms with E-state index in [1.165, 1.54) is 77.0 Å². The van der Waals surface area contributed by atoms with Crippen molar-refractivity contribution < 1.29 is 34.8 Å². The standard InChI is InChI=1S/C24H46O7/c1-2-3-4-5-6-7-8-9-10-11-12-13-14-15-16-17-22(28)31-19-21(27)24(30)23(29)20(26)18-25/h21,23-25,27,29-30H,2-19H2,1H3/t21-,23-,24-/m1/s1. The number of ether oxygens (including phenoxy) is 1. The molecule has 0 aliphatic heterocycles. The molecular formula is C24H46O7. The lowest BCUT2D eigenvalue weighted by molar-refractivity contribution is -0.154. The Labute approximate surface area is 188 Å². The van der Waals surface area contributed by atoms with E-state index in [4.69, 9.17) is 9.84 Å². The van der Waals surface area contributed by atoms with Crippen molar-refractivity contribution in [2.24, 2.45) is 0 Å². The summed E-state index contributed by atoms with van der Waals surface area (Å²) in [6.07, 6.45) is 13.6. The number of Topliss-reactive ketones (excluding diaryl/α,β-unsaturated/α-hetero) is 1. The second-order valence-corrected chi connectivity index (χ2v) is 8.51. The molecule has 0 spiro atoms. The molecule has 0 aromatic carbocycles. The first-order valence-corrected chi connectivity index (χ1v) is 12.3. The van der Waals surface area contributed by atoms with E-state index >= 15 is 0 Å². The number of hydrogen-bond donors (Lipinski definition) is 4. The Balaban J connectivity index is 3.47. The van der Waals surface area contributed by atoms with Crippen molar-refractivity contribution in [3.05, 3.63) is 0 Å². The van der Waals surface area contributed by atoms with Crippen LogP contribution < -0.4 is 0 Å². The lowest BCUT2D eigenvalue weighted by Crippen LogP contribution is -2.45. The van der Waals surface area contributed by atoms with Crippen LogP contribution in [0.5, 0.6) is 0 Å². The van der Waals surface area contributed by atoms with E-state index in [9.17, 15) is 24.9 Å². The molecule has 4 N–H and O–H groups in total. The lowest BCUT2D eigenvalue weighted by Gasteiger charge is -2.21. The van der Waals surface area contributed by atoms with E-state index in [-0.39, 0.29) is 6.42 Å². The van der Waals surface area contributed by atoms with Gasteiger partial charge >= 0.3 is 5.97 Å². The summed E-state index contributed by atoms with van der Waals surface area (Å²) >= 11 is 0. The summed E-state index contributed by atoms with van der Waals surface area (Å²) in [5.74, 6) is -1.49. The number of carbonyl (C=O) groups is 2. The molecule has 0 amide bonds. The van der Waals surface area contributed by atoms with Crippen LogP contribution in [-0.2, 0) is 14.3 Å². The maximum Gasteiger partial charge on any atom is 0.305 e. The van der Waals surface area contributed by atoms with Gasteiger partial charge in [0.05, 0.1) is 0 Å². The van der Waals surface area contributed by atoms with Crippen molar-refractivity contribution in [1.29, 1.82) is 0 Å². The number of esters is 1. The normalized spacial score (nSPS) is 14.2. The molecule has 184 valence electrons. The molecule has 3 atom stereocenters. The Morgan fingerprint density at radius 2 is 1.13 bits per heavy atom. The van der Waals surface area contributed by atoms with Crippen molar-refractivity contribution in [3.63, 3.8) is 0 Å². The number of aliphatic hydroxyl groups excluding tert-OH is 4. The number of rotatable bonds is 22. The number of aliphatic hydroxyl groups is 4. The fourth-order valence-corrected chi connectivity index (χ4v) is 3.48. The summed E-state index contributed by atoms with van der Waals surface area (Å²) in [4.78, 5) is 22.8. The molecule has 0 aliphatic carbocycles. The van der Waals surface area contributed by atoms with Crippen LogP contribution in [0.2, 0.25) is 0 Å². The topological polar surface area (TPSA) is 124 Å². The highest BCUT2D eigenvalue weighted by Gasteiger charge is 2.30. The van der Waals surface area contributed by atoms with Gasteiger partial charge in [-0.25, -0.2) is 0 Å². The minimum absolute atomic E-state index is 0.235. The second kappa shape index (κ2) is 20.9. The molecule has 0 fully saturated rings. The molecule has 7 heteroatoms. The van der Waals surface area contributed by atoms with E-state index in [1.807, 2.05) is 0 Å². The zero-order valence-corrected chi connectivity index (χ0v) is 19.5. The quantitative estimate of drug-likeness (QED) is 0.148. The Hall–Kier alpha value is -1.02. The largest absolute Gasteiger partial charge is 0.463 e. The van der Waals surface area contributed by atoms with Gasteiger partial charge in [0.25, 0.3) is 0 Å². The lowest BCUT2D eigenvalue weighted by atomic mass is 10.0. The van der Waals surface area contributed by atoms with Crippen LogP contribution in [0.3, 0.4) is 0 Å². The van der Waals surface area contributed by atoms with Crippen LogP contribution in [0.25, 0.3) is 0 Å². The molecule has 0 heterocycles. The number of ketones is 1. The Bertz CT molecular complexity index is 442. The third-order valence-corrected chi connectivity index (χ3v) is 5.60. The van der Waals surface area contributed by atoms with Gasteiger partial charge in [0, 0.05) is 6.42 Å². The van der Waals surface area contributed by atoms with Crippen LogP contribution in [-0.4, -0.2) is 63.7 Å². The van der Waals surface area contributed by atoms with Crippen LogP contribution in [0.4, 0.5) is 0 Å². The monoisotopic (exact) mass is 446 g/mol. The maximum atomic E-state index is 11.7. The highest BCUT2D eigenvalue weighted by molar-refractivity contribution is 5.84. The van der Waals surface area contributed by atoms with E-state index in [2.05, 4.69) is 6.92 Å². The Kier molecular flexibility index (Phi) is 20.2. The van der Waals surface area contributed by atoms with Crippen molar-refractivity contribution in [2.45, 2.75) is 128 Å². The highest BCUT2D eigenvalue weighted by atomic mass is 16.5. The first kappa shape index (κ1) is 30.0. The third kappa shape index (κ3) is 17.2. The van der Waals surface area contributed by atoms with Gasteiger partial charge in [0.1, 0.15) is 31.5 Å². The molecule has 0 bridgehead atoms. The molecule has 0 radical (unpaired) electrons. The fraction of sp³-hybridized carbons (Fsp3) is 0.917. The van der Waals surface area contributed by atoms with Crippen molar-refractivity contribution in [1.82, 2.24) is 0 Å². The molecule has 0 aromatic rings. The molecule has 31 heavy (non-hydrogen) atoms. The predicted octanol–water partition coefficient (Wildman–Crippen LogP) is 3.44.